The summed E-state index contributed by atoms with van der Waals surface area (Å²) < 4.78 is 2.39. The predicted octanol–water partition coefficient (Wildman–Crippen LogP) is 18.1. The van der Waals surface area contributed by atoms with Gasteiger partial charge in [0.15, 0.2) is 0 Å². The highest BCUT2D eigenvalue weighted by atomic mass is 15.1. The van der Waals surface area contributed by atoms with Crippen LogP contribution in [0.15, 0.2) is 280 Å². The molecule has 0 saturated heterocycles. The lowest BCUT2D eigenvalue weighted by Crippen LogP contribution is -2.26. The Labute approximate surface area is 432 Å². The fourth-order valence-corrected chi connectivity index (χ4v) is 12.7. The average Bonchev–Trinajstić information content (AvgIpc) is 4.21. The van der Waals surface area contributed by atoms with Gasteiger partial charge in [0, 0.05) is 56.8 Å². The molecule has 1 aliphatic heterocycles. The lowest BCUT2D eigenvalue weighted by atomic mass is 9.70. The summed E-state index contributed by atoms with van der Waals surface area (Å²) in [6, 6.07) is 81.5. The summed E-state index contributed by atoms with van der Waals surface area (Å²) in [7, 11) is 0. The van der Waals surface area contributed by atoms with Gasteiger partial charge in [-0.25, -0.2) is 0 Å². The third-order valence-corrected chi connectivity index (χ3v) is 15.8. The van der Waals surface area contributed by atoms with Crippen molar-refractivity contribution in [1.82, 2.24) is 4.57 Å². The van der Waals surface area contributed by atoms with E-state index in [9.17, 15) is 0 Å². The summed E-state index contributed by atoms with van der Waals surface area (Å²) in [5.74, 6) is 0. The molecule has 10 aromatic carbocycles. The van der Waals surface area contributed by atoms with E-state index >= 15 is 0 Å². The van der Waals surface area contributed by atoms with Gasteiger partial charge in [0.1, 0.15) is 0 Å². The molecule has 350 valence electrons. The van der Waals surface area contributed by atoms with Crippen LogP contribution in [-0.2, 0) is 11.8 Å². The van der Waals surface area contributed by atoms with Crippen molar-refractivity contribution in [2.75, 3.05) is 16.3 Å². The van der Waals surface area contributed by atoms with Crippen molar-refractivity contribution in [3.8, 4) is 39.1 Å². The normalized spacial score (nSPS) is 14.7. The third-order valence-electron chi connectivity index (χ3n) is 15.8. The van der Waals surface area contributed by atoms with Gasteiger partial charge in [0.25, 0.3) is 0 Å². The second-order valence-electron chi connectivity index (χ2n) is 19.6. The van der Waals surface area contributed by atoms with E-state index in [1.807, 2.05) is 12.2 Å². The lowest BCUT2D eigenvalue weighted by molar-refractivity contribution is 0.793. The van der Waals surface area contributed by atoms with Crippen LogP contribution in [0, 0.1) is 0 Å². The van der Waals surface area contributed by atoms with Crippen molar-refractivity contribution in [2.45, 2.75) is 11.8 Å². The number of fused-ring (bicyclic) bond motifs is 13. The molecule has 3 nitrogen and oxygen atoms in total. The molecule has 1 spiro atoms. The molecule has 0 N–H and O–H groups in total. The Bertz CT molecular complexity index is 4120. The molecule has 0 unspecified atom stereocenters. The number of hydrogen-bond donors (Lipinski definition) is 0. The molecule has 14 rings (SSSR count). The second-order valence-corrected chi connectivity index (χ2v) is 19.6. The molecule has 74 heavy (non-hydrogen) atoms. The molecule has 0 fully saturated rings. The molecule has 11 aromatic rings. The zero-order valence-corrected chi connectivity index (χ0v) is 41.0. The molecule has 2 aliphatic carbocycles. The van der Waals surface area contributed by atoms with Gasteiger partial charge in [0.2, 0.25) is 0 Å². The molecular formula is C71H51N3. The minimum Gasteiger partial charge on any atom is -0.338 e. The molecule has 0 amide bonds. The van der Waals surface area contributed by atoms with Crippen LogP contribution in [-0.4, -0.2) is 11.1 Å². The molecule has 0 radical (unpaired) electrons. The molecule has 2 heterocycles. The topological polar surface area (TPSA) is 11.4 Å². The highest BCUT2D eigenvalue weighted by Crippen LogP contribution is 2.63. The molecule has 3 heteroatoms. The number of rotatable bonds is 8. The minimum absolute atomic E-state index is 0.474. The van der Waals surface area contributed by atoms with Gasteiger partial charge in [-0.3, -0.25) is 0 Å². The van der Waals surface area contributed by atoms with E-state index in [-0.39, 0.29) is 0 Å². The Morgan fingerprint density at radius 3 is 1.82 bits per heavy atom. The van der Waals surface area contributed by atoms with Crippen molar-refractivity contribution in [1.29, 1.82) is 0 Å². The smallest absolute Gasteiger partial charge is 0.0726 e. The van der Waals surface area contributed by atoms with Crippen LogP contribution < -0.4 is 9.80 Å². The van der Waals surface area contributed by atoms with Gasteiger partial charge in [0.05, 0.1) is 16.4 Å². The van der Waals surface area contributed by atoms with Crippen LogP contribution in [0.3, 0.4) is 0 Å². The van der Waals surface area contributed by atoms with Crippen molar-refractivity contribution < 1.29 is 0 Å². The van der Waals surface area contributed by atoms with Crippen molar-refractivity contribution in [2.24, 2.45) is 0 Å². The van der Waals surface area contributed by atoms with Crippen LogP contribution in [0.25, 0.3) is 71.6 Å². The van der Waals surface area contributed by atoms with Gasteiger partial charge in [-0.1, -0.05) is 201 Å². The Morgan fingerprint density at radius 2 is 1.08 bits per heavy atom. The number of aromatic nitrogens is 1. The fraction of sp³-hybridized carbons (Fsp3) is 0.0423. The quantitative estimate of drug-likeness (QED) is 0.141. The largest absolute Gasteiger partial charge is 0.338 e. The maximum absolute atomic E-state index is 4.51. The van der Waals surface area contributed by atoms with Gasteiger partial charge < -0.3 is 14.4 Å². The first-order valence-corrected chi connectivity index (χ1v) is 25.7. The maximum atomic E-state index is 4.51. The van der Waals surface area contributed by atoms with Gasteiger partial charge in [-0.2, -0.15) is 0 Å². The fourth-order valence-electron chi connectivity index (χ4n) is 12.7. The zero-order valence-electron chi connectivity index (χ0n) is 41.0. The van der Waals surface area contributed by atoms with E-state index in [1.165, 1.54) is 88.2 Å². The van der Waals surface area contributed by atoms with Crippen molar-refractivity contribution >= 4 is 55.3 Å². The number of allylic oxidation sites excluding steroid dienone is 6. The summed E-state index contributed by atoms with van der Waals surface area (Å²) in [6.07, 6.45) is 15.4. The van der Waals surface area contributed by atoms with Crippen molar-refractivity contribution in [3.63, 3.8) is 0 Å². The number of anilines is 4. The van der Waals surface area contributed by atoms with Gasteiger partial charge >= 0.3 is 0 Å². The average molecular weight is 946 g/mol. The van der Waals surface area contributed by atoms with E-state index in [2.05, 4.69) is 270 Å². The van der Waals surface area contributed by atoms with Gasteiger partial charge in [-0.15, -0.1) is 0 Å². The molecule has 0 saturated carbocycles. The number of nitrogens with zero attached hydrogens (tertiary/aromatic N) is 3. The van der Waals surface area contributed by atoms with E-state index in [0.29, 0.717) is 6.54 Å². The van der Waals surface area contributed by atoms with Gasteiger partial charge in [-0.05, 0) is 146 Å². The van der Waals surface area contributed by atoms with E-state index in [1.54, 1.807) is 6.08 Å². The number of benzene rings is 10. The van der Waals surface area contributed by atoms with Crippen LogP contribution in [0.5, 0.6) is 0 Å². The van der Waals surface area contributed by atoms with E-state index < -0.39 is 5.41 Å². The van der Waals surface area contributed by atoms with E-state index in [0.717, 1.165) is 46.1 Å². The number of hydrogen-bond acceptors (Lipinski definition) is 2. The molecule has 3 aliphatic rings. The minimum atomic E-state index is -0.474. The first kappa shape index (κ1) is 43.4. The highest BCUT2D eigenvalue weighted by Gasteiger charge is 2.51. The second kappa shape index (κ2) is 17.4. The molecule has 0 atom stereocenters. The van der Waals surface area contributed by atoms with Crippen LogP contribution in [0.4, 0.5) is 22.7 Å². The Hall–Kier alpha value is -9.44. The first-order chi connectivity index (χ1) is 36.6. The Kier molecular flexibility index (Phi) is 10.2. The summed E-state index contributed by atoms with van der Waals surface area (Å²) in [5.41, 5.74) is 22.5. The highest BCUT2D eigenvalue weighted by molar-refractivity contribution is 6.11. The lowest BCUT2D eigenvalue weighted by Gasteiger charge is -2.32. The zero-order chi connectivity index (χ0) is 49.3. The molecule has 0 bridgehead atoms. The first-order valence-electron chi connectivity index (χ1n) is 25.7. The Morgan fingerprint density at radius 1 is 0.486 bits per heavy atom. The third kappa shape index (κ3) is 6.53. The molecule has 1 aromatic heterocycles. The summed E-state index contributed by atoms with van der Waals surface area (Å²) in [4.78, 5) is 4.78. The SMILES string of the molecule is C=C/C=C\C(=C)N1C/C=C\C=C/Cc2ccc(-c3ccc(N(c4ccc5c(c4)C4(c6ccccc6-c6ccccc64)c4ccccc4-5)c4ccc5c(c4)c4ccccc4n5-c4ccccc4)cc3)c3cccc1c23. The van der Waals surface area contributed by atoms with Crippen LogP contribution >= 0.6 is 0 Å². The van der Waals surface area contributed by atoms with E-state index in [4.69, 9.17) is 0 Å². The van der Waals surface area contributed by atoms with Crippen molar-refractivity contribution in [3.05, 3.63) is 308 Å². The summed E-state index contributed by atoms with van der Waals surface area (Å²) in [5, 5.41) is 4.89. The van der Waals surface area contributed by atoms with Crippen LogP contribution in [0.1, 0.15) is 27.8 Å². The Balaban J connectivity index is 0.969. The maximum Gasteiger partial charge on any atom is 0.0726 e. The number of para-hydroxylation sites is 2. The summed E-state index contributed by atoms with van der Waals surface area (Å²) in [6.45, 7) is 9.13. The molecular weight excluding hydrogens is 895 g/mol. The predicted molar refractivity (Wildman–Crippen MR) is 313 cm³/mol. The van der Waals surface area contributed by atoms with Crippen LogP contribution in [0.2, 0.25) is 0 Å². The summed E-state index contributed by atoms with van der Waals surface area (Å²) >= 11 is 0. The monoisotopic (exact) mass is 945 g/mol. The standard InChI is InChI=1S/C71H51N3/c1-3-4-21-48(2)72-45-19-6-5-8-22-50-37-42-55(61-29-20-34-69(72)70(50)61)49-35-38-52(39-36-49)73(53-41-44-68-62(46-53)60-28-14-18-33-67(60)74(68)51-23-9-7-10-24-51)54-40-43-59-58-27-13-17-32-65(58)71(66(59)47-54)63-30-15-11-25-56(63)57-26-12-16-31-64(57)71/h3-21,23-44,46-47H,1-2,22,45H2/b8-5-,19-6-,21-4-.